The van der Waals surface area contributed by atoms with E-state index in [0.29, 0.717) is 10.9 Å². The molecule has 0 aliphatic heterocycles. The Kier molecular flexibility index (Phi) is 2.91. The summed E-state index contributed by atoms with van der Waals surface area (Å²) in [6.45, 7) is 0. The molecular weight excluding hydrogens is 380 g/mol. The van der Waals surface area contributed by atoms with Crippen LogP contribution < -0.4 is 11.2 Å². The van der Waals surface area contributed by atoms with Crippen molar-refractivity contribution in [3.63, 3.8) is 0 Å². The summed E-state index contributed by atoms with van der Waals surface area (Å²) in [4.78, 5) is 26.1. The predicted octanol–water partition coefficient (Wildman–Crippen LogP) is 3.96. The lowest BCUT2D eigenvalue weighted by Gasteiger charge is -2.05. The van der Waals surface area contributed by atoms with Crippen LogP contribution in [0.1, 0.15) is 0 Å². The Morgan fingerprint density at radius 2 is 1.40 bits per heavy atom. The van der Waals surface area contributed by atoms with Gasteiger partial charge in [0, 0.05) is 15.2 Å². The lowest BCUT2D eigenvalue weighted by molar-refractivity contribution is 0.944. The second-order valence-electron chi connectivity index (χ2n) is 5.95. The number of nitrogens with zero attached hydrogens (tertiary/aromatic N) is 2. The van der Waals surface area contributed by atoms with Gasteiger partial charge in [-0.3, -0.25) is 9.36 Å². The Morgan fingerprint density at radius 3 is 2.16 bits per heavy atom. The topological polar surface area (TPSA) is 43.5 Å². The molecule has 0 saturated carbocycles. The van der Waals surface area contributed by atoms with Crippen molar-refractivity contribution in [3.05, 3.63) is 92.0 Å². The van der Waals surface area contributed by atoms with Gasteiger partial charge in [0.1, 0.15) is 0 Å². The molecule has 0 bridgehead atoms. The van der Waals surface area contributed by atoms with Gasteiger partial charge >= 0.3 is 5.69 Å². The van der Waals surface area contributed by atoms with E-state index >= 15 is 0 Å². The number of benzene rings is 3. The Labute approximate surface area is 150 Å². The molecule has 0 saturated heterocycles. The molecule has 0 N–H and O–H groups in total. The summed E-state index contributed by atoms with van der Waals surface area (Å²) < 4.78 is 3.81. The van der Waals surface area contributed by atoms with E-state index in [9.17, 15) is 9.59 Å². The predicted molar refractivity (Wildman–Crippen MR) is 103 cm³/mol. The van der Waals surface area contributed by atoms with E-state index < -0.39 is 0 Å². The fraction of sp³-hybridized carbons (Fsp3) is 0. The highest BCUT2D eigenvalue weighted by atomic mass is 79.9. The number of rotatable bonds is 1. The van der Waals surface area contributed by atoms with Crippen molar-refractivity contribution in [2.24, 2.45) is 0 Å². The maximum Gasteiger partial charge on any atom is 0.340 e. The SMILES string of the molecule is O=c1c2ccccc2c2cccc3c2n1c(=O)n3-c1ccc(Br)cc1. The van der Waals surface area contributed by atoms with Crippen LogP contribution in [0.2, 0.25) is 0 Å². The van der Waals surface area contributed by atoms with Gasteiger partial charge < -0.3 is 0 Å². The van der Waals surface area contributed by atoms with E-state index in [0.717, 1.165) is 26.4 Å². The van der Waals surface area contributed by atoms with Gasteiger partial charge in [0.05, 0.1) is 16.7 Å². The van der Waals surface area contributed by atoms with Gasteiger partial charge in [0.15, 0.2) is 0 Å². The lowest BCUT2D eigenvalue weighted by atomic mass is 10.1. The number of hydrogen-bond acceptors (Lipinski definition) is 2. The standard InChI is InChI=1S/C20H11BrN2O2/c21-12-8-10-13(11-9-12)22-17-7-3-6-15-14-4-1-2-5-16(14)19(24)23(18(15)17)20(22)25/h1-11H. The molecule has 2 aromatic heterocycles. The van der Waals surface area contributed by atoms with Crippen molar-refractivity contribution in [1.82, 2.24) is 8.97 Å². The Balaban J connectivity index is 2.08. The molecule has 0 aliphatic carbocycles. The lowest BCUT2D eigenvalue weighted by Crippen LogP contribution is -2.27. The fourth-order valence-corrected chi connectivity index (χ4v) is 3.78. The van der Waals surface area contributed by atoms with Gasteiger partial charge in [-0.05, 0) is 41.8 Å². The molecular formula is C20H11BrN2O2. The van der Waals surface area contributed by atoms with Gasteiger partial charge in [0.25, 0.3) is 5.56 Å². The zero-order valence-electron chi connectivity index (χ0n) is 12.9. The molecule has 0 atom stereocenters. The first-order valence-corrected chi connectivity index (χ1v) is 8.62. The summed E-state index contributed by atoms with van der Waals surface area (Å²) in [5.41, 5.74) is 1.50. The maximum absolute atomic E-state index is 13.1. The first-order valence-electron chi connectivity index (χ1n) is 7.83. The molecule has 2 heterocycles. The summed E-state index contributed by atoms with van der Waals surface area (Å²) in [6, 6.07) is 20.6. The number of hydrogen-bond donors (Lipinski definition) is 0. The Bertz CT molecular complexity index is 1380. The van der Waals surface area contributed by atoms with Crippen LogP contribution in [0.5, 0.6) is 0 Å². The van der Waals surface area contributed by atoms with E-state index in [-0.39, 0.29) is 11.2 Å². The normalized spacial score (nSPS) is 11.7. The van der Waals surface area contributed by atoms with Crippen LogP contribution >= 0.6 is 15.9 Å². The average molecular weight is 391 g/mol. The minimum atomic E-state index is -0.343. The van der Waals surface area contributed by atoms with Crippen LogP contribution in [0.4, 0.5) is 0 Å². The molecule has 0 aliphatic rings. The first-order chi connectivity index (χ1) is 12.2. The molecule has 120 valence electrons. The molecule has 3 aromatic carbocycles. The average Bonchev–Trinajstić information content (AvgIpc) is 2.94. The summed E-state index contributed by atoms with van der Waals surface area (Å²) in [5.74, 6) is 0. The number of pyridine rings is 1. The highest BCUT2D eigenvalue weighted by molar-refractivity contribution is 9.10. The van der Waals surface area contributed by atoms with Crippen molar-refractivity contribution in [1.29, 1.82) is 0 Å². The second kappa shape index (κ2) is 5.04. The third-order valence-corrected chi connectivity index (χ3v) is 5.13. The highest BCUT2D eigenvalue weighted by Crippen LogP contribution is 2.27. The van der Waals surface area contributed by atoms with E-state index in [2.05, 4.69) is 15.9 Å². The van der Waals surface area contributed by atoms with Gasteiger partial charge in [-0.15, -0.1) is 0 Å². The van der Waals surface area contributed by atoms with Crippen molar-refractivity contribution in [3.8, 4) is 5.69 Å². The molecule has 5 aromatic rings. The van der Waals surface area contributed by atoms with Crippen molar-refractivity contribution >= 4 is 43.1 Å². The minimum absolute atomic E-state index is 0.278. The van der Waals surface area contributed by atoms with Crippen LogP contribution in [0.3, 0.4) is 0 Å². The van der Waals surface area contributed by atoms with Crippen LogP contribution in [0, 0.1) is 0 Å². The zero-order valence-corrected chi connectivity index (χ0v) is 14.5. The summed E-state index contributed by atoms with van der Waals surface area (Å²) in [7, 11) is 0. The number of fused-ring (bicyclic) bond motifs is 2. The van der Waals surface area contributed by atoms with Crippen LogP contribution in [0.15, 0.2) is 80.8 Å². The minimum Gasteiger partial charge on any atom is -0.268 e. The quantitative estimate of drug-likeness (QED) is 0.406. The van der Waals surface area contributed by atoms with E-state index in [1.807, 2.05) is 60.7 Å². The van der Waals surface area contributed by atoms with Gasteiger partial charge in [0.2, 0.25) is 0 Å². The Morgan fingerprint density at radius 1 is 0.720 bits per heavy atom. The molecule has 4 nitrogen and oxygen atoms in total. The summed E-state index contributed by atoms with van der Waals surface area (Å²) >= 11 is 3.41. The molecule has 5 heteroatoms. The molecule has 25 heavy (non-hydrogen) atoms. The molecule has 0 radical (unpaired) electrons. The molecule has 0 amide bonds. The molecule has 0 unspecified atom stereocenters. The third-order valence-electron chi connectivity index (χ3n) is 4.60. The Hall–Kier alpha value is -2.92. The fourth-order valence-electron chi connectivity index (χ4n) is 3.52. The van der Waals surface area contributed by atoms with Gasteiger partial charge in [-0.1, -0.05) is 46.3 Å². The highest BCUT2D eigenvalue weighted by Gasteiger charge is 2.19. The van der Waals surface area contributed by atoms with Crippen molar-refractivity contribution in [2.75, 3.05) is 0 Å². The number of imidazole rings is 1. The van der Waals surface area contributed by atoms with Crippen LogP contribution in [0.25, 0.3) is 32.9 Å². The number of aromatic nitrogens is 2. The molecule has 0 fully saturated rings. The van der Waals surface area contributed by atoms with E-state index in [1.165, 1.54) is 4.40 Å². The van der Waals surface area contributed by atoms with Crippen LogP contribution in [-0.2, 0) is 0 Å². The third kappa shape index (κ3) is 1.87. The first kappa shape index (κ1) is 14.4. The van der Waals surface area contributed by atoms with Crippen LogP contribution in [-0.4, -0.2) is 8.97 Å². The van der Waals surface area contributed by atoms with Gasteiger partial charge in [-0.2, -0.15) is 0 Å². The van der Waals surface area contributed by atoms with Crippen molar-refractivity contribution < 1.29 is 0 Å². The smallest absolute Gasteiger partial charge is 0.268 e. The number of para-hydroxylation sites is 1. The monoisotopic (exact) mass is 390 g/mol. The van der Waals surface area contributed by atoms with Gasteiger partial charge in [-0.25, -0.2) is 9.20 Å². The van der Waals surface area contributed by atoms with E-state index in [4.69, 9.17) is 0 Å². The summed E-state index contributed by atoms with van der Waals surface area (Å²) in [5, 5.41) is 2.32. The zero-order chi connectivity index (χ0) is 17.1. The molecule has 0 spiro atoms. The number of halogens is 1. The largest absolute Gasteiger partial charge is 0.340 e. The second-order valence-corrected chi connectivity index (χ2v) is 6.87. The molecule has 5 rings (SSSR count). The summed E-state index contributed by atoms with van der Waals surface area (Å²) in [6.07, 6.45) is 0. The van der Waals surface area contributed by atoms with E-state index in [1.54, 1.807) is 10.6 Å². The maximum atomic E-state index is 13.1. The van der Waals surface area contributed by atoms with Crippen molar-refractivity contribution in [2.45, 2.75) is 0 Å².